The number of piperidine rings is 1. The number of furan rings is 1. The molecule has 0 saturated carbocycles. The molecule has 1 aliphatic heterocycles. The Hall–Kier alpha value is -1.33. The van der Waals surface area contributed by atoms with Gasteiger partial charge in [0.05, 0.1) is 19.4 Å². The Morgan fingerprint density at radius 2 is 2.45 bits per heavy atom. The van der Waals surface area contributed by atoms with E-state index < -0.39 is 0 Å². The quantitative estimate of drug-likeness (QED) is 0.806. The summed E-state index contributed by atoms with van der Waals surface area (Å²) >= 11 is 0. The maximum absolute atomic E-state index is 11.8. The van der Waals surface area contributed by atoms with Crippen LogP contribution in [0.1, 0.15) is 35.9 Å². The predicted octanol–water partition coefficient (Wildman–Crippen LogP) is 1.89. The van der Waals surface area contributed by atoms with Gasteiger partial charge in [-0.05, 0) is 51.9 Å². The Labute approximate surface area is 120 Å². The summed E-state index contributed by atoms with van der Waals surface area (Å²) in [6.45, 7) is 6.04. The van der Waals surface area contributed by atoms with Gasteiger partial charge in [0.25, 0.3) is 0 Å². The molecule has 1 fully saturated rings. The average molecular weight is 280 g/mol. The molecular formula is C15H24N2O3. The van der Waals surface area contributed by atoms with Gasteiger partial charge in [0, 0.05) is 6.54 Å². The third-order valence-electron chi connectivity index (χ3n) is 3.62. The summed E-state index contributed by atoms with van der Waals surface area (Å²) in [6, 6.07) is 1.68. The summed E-state index contributed by atoms with van der Waals surface area (Å²) in [5.41, 5.74) is 0.542. The molecule has 112 valence electrons. The lowest BCUT2D eigenvalue weighted by Gasteiger charge is -2.27. The summed E-state index contributed by atoms with van der Waals surface area (Å²) in [5, 5.41) is 3.42. The van der Waals surface area contributed by atoms with E-state index in [1.165, 1.54) is 12.8 Å². The largest absolute Gasteiger partial charge is 0.467 e. The van der Waals surface area contributed by atoms with Gasteiger partial charge >= 0.3 is 5.97 Å². The molecule has 5 heteroatoms. The van der Waals surface area contributed by atoms with Crippen LogP contribution >= 0.6 is 0 Å². The van der Waals surface area contributed by atoms with Gasteiger partial charge in [-0.1, -0.05) is 0 Å². The van der Waals surface area contributed by atoms with E-state index in [1.54, 1.807) is 19.3 Å². The highest BCUT2D eigenvalue weighted by atomic mass is 16.5. The highest BCUT2D eigenvalue weighted by Gasteiger charge is 2.19. The minimum Gasteiger partial charge on any atom is -0.467 e. The van der Waals surface area contributed by atoms with Crippen LogP contribution in [0, 0.1) is 5.92 Å². The Morgan fingerprint density at radius 3 is 3.15 bits per heavy atom. The fourth-order valence-corrected chi connectivity index (χ4v) is 2.68. The number of rotatable bonds is 6. The smallest absolute Gasteiger partial charge is 0.341 e. The second-order valence-electron chi connectivity index (χ2n) is 5.39. The molecule has 0 aliphatic carbocycles. The highest BCUT2D eigenvalue weighted by molar-refractivity contribution is 5.90. The van der Waals surface area contributed by atoms with Crippen molar-refractivity contribution in [1.29, 1.82) is 0 Å². The molecule has 20 heavy (non-hydrogen) atoms. The van der Waals surface area contributed by atoms with Gasteiger partial charge in [0.2, 0.25) is 0 Å². The lowest BCUT2D eigenvalue weighted by Crippen LogP contribution is -2.36. The average Bonchev–Trinajstić information content (AvgIpc) is 2.88. The summed E-state index contributed by atoms with van der Waals surface area (Å²) in [4.78, 5) is 14.0. The molecule has 5 nitrogen and oxygen atoms in total. The number of carbonyl (C=O) groups is 1. The molecule has 0 spiro atoms. The first kappa shape index (κ1) is 15.1. The van der Waals surface area contributed by atoms with Crippen molar-refractivity contribution in [3.63, 3.8) is 0 Å². The van der Waals surface area contributed by atoms with Gasteiger partial charge in [0.1, 0.15) is 11.3 Å². The number of ether oxygens (including phenoxy) is 1. The summed E-state index contributed by atoms with van der Waals surface area (Å²) in [6.07, 6.45) is 4.06. The fourth-order valence-electron chi connectivity index (χ4n) is 2.68. The van der Waals surface area contributed by atoms with Crippen molar-refractivity contribution in [3.05, 3.63) is 23.7 Å². The van der Waals surface area contributed by atoms with Gasteiger partial charge < -0.3 is 14.5 Å². The number of carbonyl (C=O) groups excluding carboxylic acids is 1. The van der Waals surface area contributed by atoms with E-state index in [-0.39, 0.29) is 5.97 Å². The molecule has 1 saturated heterocycles. The predicted molar refractivity (Wildman–Crippen MR) is 76.6 cm³/mol. The van der Waals surface area contributed by atoms with Crippen molar-refractivity contribution in [2.75, 3.05) is 33.3 Å². The maximum Gasteiger partial charge on any atom is 0.341 e. The molecule has 1 aliphatic rings. The molecule has 0 bridgehead atoms. The zero-order chi connectivity index (χ0) is 14.4. The molecule has 1 aromatic rings. The standard InChI is InChI=1S/C15H24N2O3/c1-3-19-15(18)13-6-8-20-14(13)11-17(2)10-12-5-4-7-16-9-12/h6,8,12,16H,3-5,7,9-11H2,1-2H3. The van der Waals surface area contributed by atoms with E-state index in [9.17, 15) is 4.79 Å². The number of hydrogen-bond acceptors (Lipinski definition) is 5. The molecule has 0 radical (unpaired) electrons. The zero-order valence-corrected chi connectivity index (χ0v) is 12.4. The SMILES string of the molecule is CCOC(=O)c1ccoc1CN(C)CC1CCCNC1. The van der Waals surface area contributed by atoms with Crippen LogP contribution in [0.25, 0.3) is 0 Å². The minimum atomic E-state index is -0.302. The number of nitrogens with zero attached hydrogens (tertiary/aromatic N) is 1. The lowest BCUT2D eigenvalue weighted by atomic mass is 9.99. The lowest BCUT2D eigenvalue weighted by molar-refractivity contribution is 0.0522. The number of esters is 1. The van der Waals surface area contributed by atoms with E-state index in [4.69, 9.17) is 9.15 Å². The summed E-state index contributed by atoms with van der Waals surface area (Å²) in [5.74, 6) is 1.06. The first-order valence-electron chi connectivity index (χ1n) is 7.33. The van der Waals surface area contributed by atoms with Crippen LogP contribution in [-0.2, 0) is 11.3 Å². The Kier molecular flexibility index (Phi) is 5.61. The van der Waals surface area contributed by atoms with Crippen LogP contribution in [0.2, 0.25) is 0 Å². The maximum atomic E-state index is 11.8. The van der Waals surface area contributed by atoms with Crippen molar-refractivity contribution < 1.29 is 13.9 Å². The highest BCUT2D eigenvalue weighted by Crippen LogP contribution is 2.16. The van der Waals surface area contributed by atoms with Crippen molar-refractivity contribution in [2.45, 2.75) is 26.3 Å². The van der Waals surface area contributed by atoms with E-state index in [0.29, 0.717) is 30.4 Å². The Morgan fingerprint density at radius 1 is 1.60 bits per heavy atom. The van der Waals surface area contributed by atoms with Crippen molar-refractivity contribution in [2.24, 2.45) is 5.92 Å². The topological polar surface area (TPSA) is 54.7 Å². The van der Waals surface area contributed by atoms with Gasteiger partial charge in [-0.25, -0.2) is 4.79 Å². The normalized spacial score (nSPS) is 19.2. The number of hydrogen-bond donors (Lipinski definition) is 1. The second kappa shape index (κ2) is 7.45. The molecule has 2 rings (SSSR count). The van der Waals surface area contributed by atoms with Crippen molar-refractivity contribution in [1.82, 2.24) is 10.2 Å². The third kappa shape index (κ3) is 4.08. The monoisotopic (exact) mass is 280 g/mol. The van der Waals surface area contributed by atoms with Gasteiger partial charge in [0.15, 0.2) is 0 Å². The molecular weight excluding hydrogens is 256 g/mol. The van der Waals surface area contributed by atoms with E-state index in [0.717, 1.165) is 19.6 Å². The first-order chi connectivity index (χ1) is 9.70. The van der Waals surface area contributed by atoms with Gasteiger partial charge in [-0.2, -0.15) is 0 Å². The van der Waals surface area contributed by atoms with Crippen LogP contribution < -0.4 is 5.32 Å². The molecule has 1 aromatic heterocycles. The van der Waals surface area contributed by atoms with Crippen LogP contribution in [0.15, 0.2) is 16.7 Å². The Balaban J connectivity index is 1.88. The van der Waals surface area contributed by atoms with Crippen LogP contribution in [-0.4, -0.2) is 44.2 Å². The molecule has 1 N–H and O–H groups in total. The molecule has 2 heterocycles. The summed E-state index contributed by atoms with van der Waals surface area (Å²) in [7, 11) is 2.06. The molecule has 0 aromatic carbocycles. The molecule has 1 atom stereocenters. The zero-order valence-electron chi connectivity index (χ0n) is 12.4. The minimum absolute atomic E-state index is 0.302. The van der Waals surface area contributed by atoms with Crippen molar-refractivity contribution in [3.8, 4) is 0 Å². The van der Waals surface area contributed by atoms with E-state index in [2.05, 4.69) is 17.3 Å². The van der Waals surface area contributed by atoms with Crippen LogP contribution in [0.3, 0.4) is 0 Å². The molecule has 1 unspecified atom stereocenters. The van der Waals surface area contributed by atoms with Gasteiger partial charge in [-0.15, -0.1) is 0 Å². The second-order valence-corrected chi connectivity index (χ2v) is 5.39. The fraction of sp³-hybridized carbons (Fsp3) is 0.667. The summed E-state index contributed by atoms with van der Waals surface area (Å²) < 4.78 is 10.5. The number of nitrogens with one attached hydrogen (secondary N) is 1. The first-order valence-corrected chi connectivity index (χ1v) is 7.33. The Bertz CT molecular complexity index is 425. The van der Waals surface area contributed by atoms with E-state index in [1.807, 2.05) is 0 Å². The van der Waals surface area contributed by atoms with E-state index >= 15 is 0 Å². The third-order valence-corrected chi connectivity index (χ3v) is 3.62. The van der Waals surface area contributed by atoms with Crippen LogP contribution in [0.5, 0.6) is 0 Å². The molecule has 0 amide bonds. The van der Waals surface area contributed by atoms with Gasteiger partial charge in [-0.3, -0.25) is 4.90 Å². The van der Waals surface area contributed by atoms with Crippen molar-refractivity contribution >= 4 is 5.97 Å². The van der Waals surface area contributed by atoms with Crippen LogP contribution in [0.4, 0.5) is 0 Å².